The second-order valence-electron chi connectivity index (χ2n) is 6.20. The average Bonchev–Trinajstić information content (AvgIpc) is 2.62. The normalized spacial score (nSPS) is 19.0. The molecule has 1 aliphatic rings. The van der Waals surface area contributed by atoms with E-state index in [-0.39, 0.29) is 11.2 Å². The van der Waals surface area contributed by atoms with Crippen molar-refractivity contribution in [2.75, 3.05) is 12.4 Å². The maximum Gasteiger partial charge on any atom is 0.233 e. The van der Waals surface area contributed by atoms with E-state index in [1.807, 2.05) is 31.2 Å². The lowest BCUT2D eigenvalue weighted by Gasteiger charge is -2.31. The Morgan fingerprint density at radius 3 is 2.19 bits per heavy atom. The topological polar surface area (TPSA) is 43.4 Å². The van der Waals surface area contributed by atoms with Gasteiger partial charge in [0, 0.05) is 16.1 Å². The van der Waals surface area contributed by atoms with Crippen LogP contribution in [0.5, 0.6) is 5.75 Å². The third kappa shape index (κ3) is 5.51. The summed E-state index contributed by atoms with van der Waals surface area (Å²) in [6, 6.07) is 7.84. The van der Waals surface area contributed by atoms with Crippen molar-refractivity contribution in [3.05, 3.63) is 29.8 Å². The third-order valence-electron chi connectivity index (χ3n) is 4.21. The van der Waals surface area contributed by atoms with E-state index in [2.05, 4.69) is 0 Å². The van der Waals surface area contributed by atoms with Crippen LogP contribution in [0.3, 0.4) is 0 Å². The smallest absolute Gasteiger partial charge is 0.233 e. The number of halogens is 1. The van der Waals surface area contributed by atoms with Gasteiger partial charge in [-0.05, 0) is 31.9 Å². The maximum absolute atomic E-state index is 11.6. The standard InChI is InChI=1S/C16H23ClO3S/c1-14-6-8-15(9-7-14)20-12-16(13-21(17,18)19)10-4-2-3-5-11-16/h6-9H,2-5,10-13H2,1H3. The zero-order chi connectivity index (χ0) is 15.3. The van der Waals surface area contributed by atoms with Gasteiger partial charge in [-0.3, -0.25) is 0 Å². The SMILES string of the molecule is Cc1ccc(OCC2(CS(=O)(=O)Cl)CCCCCC2)cc1. The highest BCUT2D eigenvalue weighted by Crippen LogP contribution is 2.37. The first-order valence-electron chi connectivity index (χ1n) is 7.50. The Labute approximate surface area is 132 Å². The predicted molar refractivity (Wildman–Crippen MR) is 86.4 cm³/mol. The van der Waals surface area contributed by atoms with E-state index in [1.54, 1.807) is 0 Å². The second kappa shape index (κ2) is 7.01. The Morgan fingerprint density at radius 2 is 1.67 bits per heavy atom. The minimum Gasteiger partial charge on any atom is -0.493 e. The van der Waals surface area contributed by atoms with Crippen LogP contribution in [0.15, 0.2) is 24.3 Å². The van der Waals surface area contributed by atoms with Gasteiger partial charge in [0.1, 0.15) is 5.75 Å². The van der Waals surface area contributed by atoms with E-state index in [0.717, 1.165) is 44.3 Å². The molecule has 1 aromatic carbocycles. The molecule has 0 amide bonds. The molecule has 0 unspecified atom stereocenters. The predicted octanol–water partition coefficient (Wildman–Crippen LogP) is 4.28. The summed E-state index contributed by atoms with van der Waals surface area (Å²) in [5.41, 5.74) is 0.831. The van der Waals surface area contributed by atoms with Gasteiger partial charge in [-0.15, -0.1) is 0 Å². The summed E-state index contributed by atoms with van der Waals surface area (Å²) in [6.07, 6.45) is 6.15. The van der Waals surface area contributed by atoms with Gasteiger partial charge in [0.15, 0.2) is 0 Å². The second-order valence-corrected chi connectivity index (χ2v) is 8.98. The molecule has 118 valence electrons. The van der Waals surface area contributed by atoms with Crippen LogP contribution in [-0.2, 0) is 9.05 Å². The number of hydrogen-bond donors (Lipinski definition) is 0. The average molecular weight is 331 g/mol. The molecular weight excluding hydrogens is 308 g/mol. The van der Waals surface area contributed by atoms with E-state index < -0.39 is 9.05 Å². The largest absolute Gasteiger partial charge is 0.493 e. The maximum atomic E-state index is 11.6. The van der Waals surface area contributed by atoms with Crippen LogP contribution in [0.25, 0.3) is 0 Å². The Kier molecular flexibility index (Phi) is 5.55. The van der Waals surface area contributed by atoms with Crippen LogP contribution in [-0.4, -0.2) is 20.8 Å². The molecule has 0 heterocycles. The van der Waals surface area contributed by atoms with Crippen molar-refractivity contribution in [2.45, 2.75) is 45.4 Å². The van der Waals surface area contributed by atoms with E-state index in [1.165, 1.54) is 5.56 Å². The summed E-state index contributed by atoms with van der Waals surface area (Å²) in [7, 11) is 2.01. The summed E-state index contributed by atoms with van der Waals surface area (Å²) < 4.78 is 29.0. The Morgan fingerprint density at radius 1 is 1.10 bits per heavy atom. The Hall–Kier alpha value is -0.740. The molecule has 1 aliphatic carbocycles. The molecule has 0 N–H and O–H groups in total. The molecule has 0 radical (unpaired) electrons. The molecule has 0 aromatic heterocycles. The van der Waals surface area contributed by atoms with E-state index in [9.17, 15) is 8.42 Å². The zero-order valence-corrected chi connectivity index (χ0v) is 14.0. The molecule has 2 rings (SSSR count). The number of ether oxygens (including phenoxy) is 1. The molecule has 3 nitrogen and oxygen atoms in total. The molecule has 0 atom stereocenters. The Balaban J connectivity index is 2.09. The molecule has 1 aromatic rings. The summed E-state index contributed by atoms with van der Waals surface area (Å²) in [5.74, 6) is 0.795. The number of rotatable bonds is 5. The molecule has 0 saturated heterocycles. The third-order valence-corrected chi connectivity index (χ3v) is 5.49. The summed E-state index contributed by atoms with van der Waals surface area (Å²) in [6.45, 7) is 2.44. The highest BCUT2D eigenvalue weighted by molar-refractivity contribution is 8.13. The first-order chi connectivity index (χ1) is 9.89. The number of benzene rings is 1. The van der Waals surface area contributed by atoms with Gasteiger partial charge in [-0.25, -0.2) is 8.42 Å². The fourth-order valence-electron chi connectivity index (χ4n) is 3.05. The molecule has 1 saturated carbocycles. The van der Waals surface area contributed by atoms with Crippen LogP contribution in [0, 0.1) is 12.3 Å². The van der Waals surface area contributed by atoms with Crippen molar-refractivity contribution in [3.8, 4) is 5.75 Å². The summed E-state index contributed by atoms with van der Waals surface area (Å²) in [4.78, 5) is 0. The van der Waals surface area contributed by atoms with Crippen LogP contribution < -0.4 is 4.74 Å². The lowest BCUT2D eigenvalue weighted by atomic mass is 9.83. The molecule has 0 bridgehead atoms. The monoisotopic (exact) mass is 330 g/mol. The van der Waals surface area contributed by atoms with Crippen molar-refractivity contribution in [2.24, 2.45) is 5.41 Å². The van der Waals surface area contributed by atoms with Gasteiger partial charge in [-0.1, -0.05) is 43.4 Å². The summed E-state index contributed by atoms with van der Waals surface area (Å²) in [5, 5.41) is 0. The van der Waals surface area contributed by atoms with Gasteiger partial charge in [0.05, 0.1) is 12.4 Å². The fourth-order valence-corrected chi connectivity index (χ4v) is 4.84. The van der Waals surface area contributed by atoms with Crippen LogP contribution >= 0.6 is 10.7 Å². The highest BCUT2D eigenvalue weighted by Gasteiger charge is 2.36. The van der Waals surface area contributed by atoms with Gasteiger partial charge in [-0.2, -0.15) is 0 Å². The van der Waals surface area contributed by atoms with E-state index in [4.69, 9.17) is 15.4 Å². The molecular formula is C16H23ClO3S. The minimum atomic E-state index is -3.52. The van der Waals surface area contributed by atoms with Crippen LogP contribution in [0.4, 0.5) is 0 Å². The van der Waals surface area contributed by atoms with Crippen molar-refractivity contribution < 1.29 is 13.2 Å². The first kappa shape index (κ1) is 16.6. The van der Waals surface area contributed by atoms with Gasteiger partial charge in [0.25, 0.3) is 0 Å². The first-order valence-corrected chi connectivity index (χ1v) is 9.98. The van der Waals surface area contributed by atoms with Crippen molar-refractivity contribution >= 4 is 19.7 Å². The van der Waals surface area contributed by atoms with Crippen molar-refractivity contribution in [1.82, 2.24) is 0 Å². The lowest BCUT2D eigenvalue weighted by Crippen LogP contribution is -2.34. The molecule has 0 spiro atoms. The molecule has 1 fully saturated rings. The van der Waals surface area contributed by atoms with Crippen LogP contribution in [0.1, 0.15) is 44.1 Å². The van der Waals surface area contributed by atoms with Crippen molar-refractivity contribution in [1.29, 1.82) is 0 Å². The fraction of sp³-hybridized carbons (Fsp3) is 0.625. The molecule has 0 aliphatic heterocycles. The number of hydrogen-bond acceptors (Lipinski definition) is 3. The van der Waals surface area contributed by atoms with Gasteiger partial charge in [0.2, 0.25) is 9.05 Å². The summed E-state index contributed by atoms with van der Waals surface area (Å²) >= 11 is 0. The van der Waals surface area contributed by atoms with Crippen LogP contribution in [0.2, 0.25) is 0 Å². The molecule has 21 heavy (non-hydrogen) atoms. The zero-order valence-electron chi connectivity index (χ0n) is 12.5. The minimum absolute atomic E-state index is 0.00736. The van der Waals surface area contributed by atoms with Crippen molar-refractivity contribution in [3.63, 3.8) is 0 Å². The molecule has 5 heteroatoms. The van der Waals surface area contributed by atoms with Gasteiger partial charge >= 0.3 is 0 Å². The lowest BCUT2D eigenvalue weighted by molar-refractivity contribution is 0.146. The highest BCUT2D eigenvalue weighted by atomic mass is 35.7. The van der Waals surface area contributed by atoms with E-state index in [0.29, 0.717) is 6.61 Å². The Bertz CT molecular complexity index is 543. The van der Waals surface area contributed by atoms with E-state index >= 15 is 0 Å². The quantitative estimate of drug-likeness (QED) is 0.597. The van der Waals surface area contributed by atoms with Gasteiger partial charge < -0.3 is 4.74 Å². The number of aryl methyl sites for hydroxylation is 1.